The lowest BCUT2D eigenvalue weighted by molar-refractivity contribution is -0.144. The molecule has 2 amide bonds. The average molecular weight is 362 g/mol. The van der Waals surface area contributed by atoms with Crippen LogP contribution in [0.4, 0.5) is 0 Å². The number of piperazine rings is 1. The van der Waals surface area contributed by atoms with Crippen LogP contribution in [0.15, 0.2) is 22.7 Å². The molecule has 6 nitrogen and oxygen atoms in total. The van der Waals surface area contributed by atoms with Crippen LogP contribution in [-0.2, 0) is 9.59 Å². The van der Waals surface area contributed by atoms with Crippen molar-refractivity contribution in [2.75, 3.05) is 13.1 Å². The third-order valence-electron chi connectivity index (χ3n) is 2.90. The molecule has 1 fully saturated rings. The monoisotopic (exact) mass is 360 g/mol. The Bertz CT molecular complexity index is 593. The molecule has 1 heterocycles. The van der Waals surface area contributed by atoms with Gasteiger partial charge in [-0.1, -0.05) is 11.6 Å². The molecule has 1 aliphatic rings. The summed E-state index contributed by atoms with van der Waals surface area (Å²) in [6.07, 6.45) is 0. The number of carbonyl (C=O) groups is 3. The first-order valence-electron chi connectivity index (χ1n) is 5.65. The largest absolute Gasteiger partial charge is 0.480 e. The predicted molar refractivity (Wildman–Crippen MR) is 74.6 cm³/mol. The van der Waals surface area contributed by atoms with Crippen LogP contribution in [0.3, 0.4) is 0 Å². The summed E-state index contributed by atoms with van der Waals surface area (Å²) >= 11 is 9.12. The molecule has 20 heavy (non-hydrogen) atoms. The van der Waals surface area contributed by atoms with Crippen LogP contribution in [0, 0.1) is 0 Å². The molecule has 0 radical (unpaired) electrons. The van der Waals surface area contributed by atoms with Crippen molar-refractivity contribution in [1.29, 1.82) is 0 Å². The average Bonchev–Trinajstić information content (AvgIpc) is 2.40. The maximum atomic E-state index is 12.3. The molecule has 0 saturated carbocycles. The number of hydrogen-bond acceptors (Lipinski definition) is 3. The Hall–Kier alpha value is -1.60. The van der Waals surface area contributed by atoms with Gasteiger partial charge >= 0.3 is 5.97 Å². The van der Waals surface area contributed by atoms with E-state index in [0.29, 0.717) is 9.50 Å². The summed E-state index contributed by atoms with van der Waals surface area (Å²) in [7, 11) is 0. The summed E-state index contributed by atoms with van der Waals surface area (Å²) in [4.78, 5) is 35.9. The van der Waals surface area contributed by atoms with Gasteiger partial charge in [0.05, 0.1) is 5.02 Å². The highest BCUT2D eigenvalue weighted by molar-refractivity contribution is 9.10. The fourth-order valence-electron chi connectivity index (χ4n) is 1.87. The van der Waals surface area contributed by atoms with E-state index in [1.165, 1.54) is 12.1 Å². The molecule has 106 valence electrons. The topological polar surface area (TPSA) is 86.7 Å². The zero-order valence-electron chi connectivity index (χ0n) is 10.1. The summed E-state index contributed by atoms with van der Waals surface area (Å²) in [6, 6.07) is 3.46. The second-order valence-corrected chi connectivity index (χ2v) is 5.48. The van der Waals surface area contributed by atoms with E-state index in [2.05, 4.69) is 21.2 Å². The maximum absolute atomic E-state index is 12.3. The lowest BCUT2D eigenvalue weighted by atomic mass is 10.1. The number of hydrogen-bond donors (Lipinski definition) is 2. The second-order valence-electron chi connectivity index (χ2n) is 4.22. The van der Waals surface area contributed by atoms with E-state index in [1.54, 1.807) is 6.07 Å². The summed E-state index contributed by atoms with van der Waals surface area (Å²) in [5, 5.41) is 11.9. The number of benzene rings is 1. The number of carbonyl (C=O) groups excluding carboxylic acids is 2. The van der Waals surface area contributed by atoms with Crippen molar-refractivity contribution in [3.63, 3.8) is 0 Å². The zero-order chi connectivity index (χ0) is 14.9. The van der Waals surface area contributed by atoms with Crippen LogP contribution >= 0.6 is 27.5 Å². The smallest absolute Gasteiger partial charge is 0.328 e. The van der Waals surface area contributed by atoms with Crippen molar-refractivity contribution in [3.05, 3.63) is 33.3 Å². The number of carboxylic acid groups (broad SMARTS) is 1. The molecule has 1 aliphatic heterocycles. The maximum Gasteiger partial charge on any atom is 0.328 e. The quantitative estimate of drug-likeness (QED) is 0.827. The number of nitrogens with zero attached hydrogens (tertiary/aromatic N) is 1. The van der Waals surface area contributed by atoms with Crippen molar-refractivity contribution < 1.29 is 19.5 Å². The summed E-state index contributed by atoms with van der Waals surface area (Å²) in [5.74, 6) is -2.10. The van der Waals surface area contributed by atoms with E-state index >= 15 is 0 Å². The minimum Gasteiger partial charge on any atom is -0.480 e. The van der Waals surface area contributed by atoms with E-state index in [4.69, 9.17) is 16.7 Å². The van der Waals surface area contributed by atoms with Crippen molar-refractivity contribution in [2.45, 2.75) is 6.04 Å². The minimum atomic E-state index is -1.17. The lowest BCUT2D eigenvalue weighted by Gasteiger charge is -2.32. The SMILES string of the molecule is O=C1CN(C(=O)c2ccc(Br)c(Cl)c2)C(C(=O)O)CN1. The first-order chi connectivity index (χ1) is 9.40. The highest BCUT2D eigenvalue weighted by Gasteiger charge is 2.35. The molecule has 2 rings (SSSR count). The first-order valence-corrected chi connectivity index (χ1v) is 6.83. The van der Waals surface area contributed by atoms with Crippen LogP contribution in [0.5, 0.6) is 0 Å². The van der Waals surface area contributed by atoms with Gasteiger partial charge in [0, 0.05) is 16.6 Å². The van der Waals surface area contributed by atoms with Crippen molar-refractivity contribution in [1.82, 2.24) is 10.2 Å². The van der Waals surface area contributed by atoms with Crippen LogP contribution in [0.1, 0.15) is 10.4 Å². The van der Waals surface area contributed by atoms with E-state index in [9.17, 15) is 14.4 Å². The Morgan fingerprint density at radius 3 is 2.75 bits per heavy atom. The Morgan fingerprint density at radius 2 is 2.15 bits per heavy atom. The molecule has 0 bridgehead atoms. The number of rotatable bonds is 2. The Labute approximate surface area is 127 Å². The third-order valence-corrected chi connectivity index (χ3v) is 4.13. The molecule has 2 N–H and O–H groups in total. The Kier molecular flexibility index (Phi) is 4.29. The van der Waals surface area contributed by atoms with Gasteiger partial charge in [0.15, 0.2) is 0 Å². The molecule has 0 spiro atoms. The van der Waals surface area contributed by atoms with Gasteiger partial charge in [-0.3, -0.25) is 9.59 Å². The lowest BCUT2D eigenvalue weighted by Crippen LogP contribution is -2.59. The highest BCUT2D eigenvalue weighted by atomic mass is 79.9. The van der Waals surface area contributed by atoms with Crippen LogP contribution < -0.4 is 5.32 Å². The number of nitrogens with one attached hydrogen (secondary N) is 1. The van der Waals surface area contributed by atoms with Gasteiger partial charge in [0.25, 0.3) is 5.91 Å². The molecule has 0 aromatic heterocycles. The molecule has 1 unspecified atom stereocenters. The van der Waals surface area contributed by atoms with E-state index < -0.39 is 17.9 Å². The summed E-state index contributed by atoms with van der Waals surface area (Å²) < 4.78 is 0.627. The molecular weight excluding hydrogens is 351 g/mol. The van der Waals surface area contributed by atoms with E-state index in [-0.39, 0.29) is 24.6 Å². The molecule has 8 heteroatoms. The van der Waals surface area contributed by atoms with Crippen molar-refractivity contribution in [3.8, 4) is 0 Å². The van der Waals surface area contributed by atoms with Gasteiger partial charge < -0.3 is 15.3 Å². The number of amides is 2. The molecule has 1 atom stereocenters. The summed E-state index contributed by atoms with van der Waals surface area (Å²) in [5.41, 5.74) is 0.235. The molecule has 1 aromatic carbocycles. The first kappa shape index (κ1) is 14.8. The van der Waals surface area contributed by atoms with E-state index in [1.807, 2.05) is 0 Å². The minimum absolute atomic E-state index is 0.107. The van der Waals surface area contributed by atoms with E-state index in [0.717, 1.165) is 4.90 Å². The molecule has 1 saturated heterocycles. The third kappa shape index (κ3) is 2.94. The number of carboxylic acids is 1. The van der Waals surface area contributed by atoms with Gasteiger partial charge in [-0.15, -0.1) is 0 Å². The molecular formula is C12H10BrClN2O4. The Morgan fingerprint density at radius 1 is 1.45 bits per heavy atom. The standard InChI is InChI=1S/C12H10BrClN2O4/c13-7-2-1-6(3-8(7)14)11(18)16-5-10(17)15-4-9(16)12(19)20/h1-3,9H,4-5H2,(H,15,17)(H,19,20). The fourth-order valence-corrected chi connectivity index (χ4v) is 2.30. The van der Waals surface area contributed by atoms with Crippen LogP contribution in [-0.4, -0.2) is 46.9 Å². The highest BCUT2D eigenvalue weighted by Crippen LogP contribution is 2.24. The van der Waals surface area contributed by atoms with Gasteiger partial charge in [0.1, 0.15) is 12.6 Å². The van der Waals surface area contributed by atoms with Gasteiger partial charge in [-0.2, -0.15) is 0 Å². The predicted octanol–water partition coefficient (Wildman–Crippen LogP) is 1.13. The fraction of sp³-hybridized carbons (Fsp3) is 0.250. The normalized spacial score (nSPS) is 18.6. The second kappa shape index (κ2) is 5.80. The Balaban J connectivity index is 2.31. The molecule has 1 aromatic rings. The van der Waals surface area contributed by atoms with Gasteiger partial charge in [-0.05, 0) is 34.1 Å². The van der Waals surface area contributed by atoms with Crippen molar-refractivity contribution >= 4 is 45.3 Å². The van der Waals surface area contributed by atoms with Gasteiger partial charge in [-0.25, -0.2) is 4.79 Å². The number of halogens is 2. The van der Waals surface area contributed by atoms with Gasteiger partial charge in [0.2, 0.25) is 5.91 Å². The number of aliphatic carboxylic acids is 1. The van der Waals surface area contributed by atoms with Crippen LogP contribution in [0.25, 0.3) is 0 Å². The van der Waals surface area contributed by atoms with Crippen molar-refractivity contribution in [2.24, 2.45) is 0 Å². The molecule has 0 aliphatic carbocycles. The van der Waals surface area contributed by atoms with Crippen LogP contribution in [0.2, 0.25) is 5.02 Å². The summed E-state index contributed by atoms with van der Waals surface area (Å²) in [6.45, 7) is -0.395. The zero-order valence-corrected chi connectivity index (χ0v) is 12.4.